The maximum absolute atomic E-state index is 13.7. The molecule has 0 aliphatic carbocycles. The van der Waals surface area contributed by atoms with E-state index in [1.165, 1.54) is 6.07 Å². The van der Waals surface area contributed by atoms with Gasteiger partial charge in [0.2, 0.25) is 0 Å². The van der Waals surface area contributed by atoms with E-state index >= 15 is 0 Å². The van der Waals surface area contributed by atoms with Gasteiger partial charge in [0, 0.05) is 19.1 Å². The molecule has 1 saturated heterocycles. The van der Waals surface area contributed by atoms with E-state index in [0.717, 1.165) is 19.4 Å². The fraction of sp³-hybridized carbons (Fsp3) is 0.562. The van der Waals surface area contributed by atoms with Crippen LogP contribution in [-0.2, 0) is 0 Å². The second-order valence-corrected chi connectivity index (χ2v) is 5.35. The van der Waals surface area contributed by atoms with Gasteiger partial charge in [0.25, 0.3) is 5.91 Å². The van der Waals surface area contributed by atoms with Crippen molar-refractivity contribution in [2.45, 2.75) is 32.7 Å². The van der Waals surface area contributed by atoms with Crippen molar-refractivity contribution < 1.29 is 9.18 Å². The van der Waals surface area contributed by atoms with Crippen molar-refractivity contribution in [2.24, 2.45) is 5.92 Å². The van der Waals surface area contributed by atoms with Crippen molar-refractivity contribution in [1.82, 2.24) is 10.2 Å². The Hall–Kier alpha value is -1.42. The van der Waals surface area contributed by atoms with E-state index in [1.807, 2.05) is 0 Å². The van der Waals surface area contributed by atoms with Gasteiger partial charge < -0.3 is 10.2 Å². The fourth-order valence-corrected chi connectivity index (χ4v) is 2.97. The molecule has 0 bridgehead atoms. The van der Waals surface area contributed by atoms with Gasteiger partial charge in [0.05, 0.1) is 5.56 Å². The van der Waals surface area contributed by atoms with Gasteiger partial charge >= 0.3 is 0 Å². The number of piperidine rings is 1. The Morgan fingerprint density at radius 2 is 2.15 bits per heavy atom. The van der Waals surface area contributed by atoms with Gasteiger partial charge in [-0.25, -0.2) is 4.39 Å². The van der Waals surface area contributed by atoms with Crippen molar-refractivity contribution in [2.75, 3.05) is 19.6 Å². The number of nitrogens with zero attached hydrogens (tertiary/aromatic N) is 1. The molecule has 1 aromatic rings. The maximum atomic E-state index is 13.7. The first kappa shape index (κ1) is 15.0. The number of rotatable bonds is 4. The Morgan fingerprint density at radius 3 is 2.80 bits per heavy atom. The van der Waals surface area contributed by atoms with Crippen LogP contribution in [-0.4, -0.2) is 36.5 Å². The Labute approximate surface area is 120 Å². The minimum absolute atomic E-state index is 0.184. The van der Waals surface area contributed by atoms with Crippen LogP contribution in [0.2, 0.25) is 0 Å². The molecule has 0 spiro atoms. The van der Waals surface area contributed by atoms with E-state index in [9.17, 15) is 9.18 Å². The third-order valence-corrected chi connectivity index (χ3v) is 4.12. The Balaban J connectivity index is 2.07. The zero-order valence-corrected chi connectivity index (χ0v) is 12.2. The quantitative estimate of drug-likeness (QED) is 0.918. The molecule has 20 heavy (non-hydrogen) atoms. The molecule has 1 N–H and O–H groups in total. The van der Waals surface area contributed by atoms with Crippen molar-refractivity contribution in [1.29, 1.82) is 0 Å². The van der Waals surface area contributed by atoms with Crippen LogP contribution in [0.5, 0.6) is 0 Å². The third-order valence-electron chi connectivity index (χ3n) is 4.12. The van der Waals surface area contributed by atoms with Crippen LogP contribution in [0.25, 0.3) is 0 Å². The molecule has 1 aliphatic rings. The van der Waals surface area contributed by atoms with E-state index in [4.69, 9.17) is 0 Å². The number of hydrogen-bond acceptors (Lipinski definition) is 2. The molecule has 0 saturated carbocycles. The summed E-state index contributed by atoms with van der Waals surface area (Å²) in [5.74, 6) is -0.171. The van der Waals surface area contributed by atoms with Gasteiger partial charge in [-0.3, -0.25) is 4.79 Å². The Kier molecular flexibility index (Phi) is 5.12. The molecule has 0 radical (unpaired) electrons. The minimum Gasteiger partial charge on any atom is -0.338 e. The molecule has 2 atom stereocenters. The first-order valence-corrected chi connectivity index (χ1v) is 7.44. The van der Waals surface area contributed by atoms with E-state index in [1.54, 1.807) is 23.1 Å². The van der Waals surface area contributed by atoms with Crippen LogP contribution in [0.3, 0.4) is 0 Å². The molecule has 1 heterocycles. The van der Waals surface area contributed by atoms with Crippen LogP contribution < -0.4 is 5.32 Å². The van der Waals surface area contributed by atoms with Gasteiger partial charge in [-0.15, -0.1) is 0 Å². The number of carbonyl (C=O) groups is 1. The lowest BCUT2D eigenvalue weighted by Gasteiger charge is -2.38. The van der Waals surface area contributed by atoms with Crippen molar-refractivity contribution >= 4 is 5.91 Å². The number of nitrogens with one attached hydrogen (secondary N) is 1. The topological polar surface area (TPSA) is 32.3 Å². The largest absolute Gasteiger partial charge is 0.338 e. The summed E-state index contributed by atoms with van der Waals surface area (Å²) in [5, 5.41) is 3.48. The van der Waals surface area contributed by atoms with Gasteiger partial charge in [-0.2, -0.15) is 0 Å². The average molecular weight is 278 g/mol. The second kappa shape index (κ2) is 6.84. The average Bonchev–Trinajstić information content (AvgIpc) is 2.48. The monoisotopic (exact) mass is 278 g/mol. The number of likely N-dealkylation sites (tertiary alicyclic amines) is 1. The van der Waals surface area contributed by atoms with Crippen molar-refractivity contribution in [3.63, 3.8) is 0 Å². The van der Waals surface area contributed by atoms with Crippen molar-refractivity contribution in [3.8, 4) is 0 Å². The normalized spacial score (nSPS) is 22.9. The Morgan fingerprint density at radius 1 is 1.40 bits per heavy atom. The summed E-state index contributed by atoms with van der Waals surface area (Å²) in [6, 6.07) is 6.69. The van der Waals surface area contributed by atoms with Gasteiger partial charge in [-0.1, -0.05) is 32.4 Å². The lowest BCUT2D eigenvalue weighted by Crippen LogP contribution is -2.51. The SMILES string of the molecule is CCNC1CCN(C(=O)c2ccccc2F)CC1CC. The summed E-state index contributed by atoms with van der Waals surface area (Å²) in [7, 11) is 0. The van der Waals surface area contributed by atoms with E-state index in [-0.39, 0.29) is 11.5 Å². The summed E-state index contributed by atoms with van der Waals surface area (Å²) >= 11 is 0. The molecule has 1 amide bonds. The highest BCUT2D eigenvalue weighted by atomic mass is 19.1. The van der Waals surface area contributed by atoms with Crippen LogP contribution in [0.15, 0.2) is 24.3 Å². The third kappa shape index (κ3) is 3.18. The highest BCUT2D eigenvalue weighted by Crippen LogP contribution is 2.22. The van der Waals surface area contributed by atoms with Gasteiger partial charge in [-0.05, 0) is 31.0 Å². The van der Waals surface area contributed by atoms with Crippen LogP contribution >= 0.6 is 0 Å². The predicted octanol–water partition coefficient (Wildman–Crippen LogP) is 2.68. The van der Waals surface area contributed by atoms with Crippen LogP contribution in [0.4, 0.5) is 4.39 Å². The fourth-order valence-electron chi connectivity index (χ4n) is 2.97. The molecular weight excluding hydrogens is 255 g/mol. The lowest BCUT2D eigenvalue weighted by atomic mass is 9.89. The molecule has 110 valence electrons. The summed E-state index contributed by atoms with van der Waals surface area (Å²) in [4.78, 5) is 14.2. The zero-order chi connectivity index (χ0) is 14.5. The van der Waals surface area contributed by atoms with E-state index < -0.39 is 5.82 Å². The number of hydrogen-bond donors (Lipinski definition) is 1. The van der Waals surface area contributed by atoms with Gasteiger partial charge in [0.15, 0.2) is 0 Å². The smallest absolute Gasteiger partial charge is 0.256 e. The summed E-state index contributed by atoms with van der Waals surface area (Å²) < 4.78 is 13.7. The minimum atomic E-state index is -0.431. The molecule has 1 fully saturated rings. The van der Waals surface area contributed by atoms with Gasteiger partial charge in [0.1, 0.15) is 5.82 Å². The lowest BCUT2D eigenvalue weighted by molar-refractivity contribution is 0.0623. The maximum Gasteiger partial charge on any atom is 0.256 e. The molecule has 1 aliphatic heterocycles. The first-order chi connectivity index (χ1) is 9.67. The molecule has 4 heteroatoms. The van der Waals surface area contributed by atoms with E-state index in [0.29, 0.717) is 25.0 Å². The first-order valence-electron chi connectivity index (χ1n) is 7.44. The molecule has 0 aromatic heterocycles. The molecule has 2 rings (SSSR count). The molecule has 3 nitrogen and oxygen atoms in total. The highest BCUT2D eigenvalue weighted by Gasteiger charge is 2.30. The highest BCUT2D eigenvalue weighted by molar-refractivity contribution is 5.94. The van der Waals surface area contributed by atoms with E-state index in [2.05, 4.69) is 19.2 Å². The zero-order valence-electron chi connectivity index (χ0n) is 12.2. The standard InChI is InChI=1S/C16H23FN2O/c1-3-12-11-19(10-9-15(12)18-4-2)16(20)13-7-5-6-8-14(13)17/h5-8,12,15,18H,3-4,9-11H2,1-2H3. The summed E-state index contributed by atoms with van der Waals surface area (Å²) in [6.07, 6.45) is 1.96. The van der Waals surface area contributed by atoms with Crippen LogP contribution in [0.1, 0.15) is 37.0 Å². The number of benzene rings is 1. The van der Waals surface area contributed by atoms with Crippen molar-refractivity contribution in [3.05, 3.63) is 35.6 Å². The number of carbonyl (C=O) groups excluding carboxylic acids is 1. The Bertz CT molecular complexity index is 464. The number of halogens is 1. The summed E-state index contributed by atoms with van der Waals surface area (Å²) in [6.45, 7) is 6.60. The predicted molar refractivity (Wildman–Crippen MR) is 78.2 cm³/mol. The number of amides is 1. The molecular formula is C16H23FN2O. The molecule has 1 aromatic carbocycles. The second-order valence-electron chi connectivity index (χ2n) is 5.35. The summed E-state index contributed by atoms with van der Waals surface area (Å²) in [5.41, 5.74) is 0.184. The molecule has 2 unspecified atom stereocenters. The van der Waals surface area contributed by atoms with Crippen LogP contribution in [0, 0.1) is 11.7 Å².